The molecule has 55 valence electrons. The smallest absolute Gasteiger partial charge is 0.170 e. The molecule has 2 aromatic rings. The first-order chi connectivity index (χ1) is 5.27. The van der Waals surface area contributed by atoms with Gasteiger partial charge in [-0.15, -0.1) is 0 Å². The van der Waals surface area contributed by atoms with Gasteiger partial charge >= 0.3 is 0 Å². The van der Waals surface area contributed by atoms with Crippen molar-refractivity contribution in [1.29, 1.82) is 0 Å². The molecular weight excluding hydrogens is 167 g/mol. The standard InChI is InChI=1S/C8H3ClFO/c9-6-3-5-1-2-11-8(5)7(10)4-6/h1,3-4H. The van der Waals surface area contributed by atoms with E-state index in [1.807, 2.05) is 0 Å². The number of benzene rings is 1. The topological polar surface area (TPSA) is 13.1 Å². The molecule has 0 aliphatic heterocycles. The van der Waals surface area contributed by atoms with Crippen molar-refractivity contribution in [3.05, 3.63) is 35.3 Å². The van der Waals surface area contributed by atoms with Crippen molar-refractivity contribution in [2.75, 3.05) is 0 Å². The molecule has 0 aliphatic carbocycles. The molecule has 1 nitrogen and oxygen atoms in total. The van der Waals surface area contributed by atoms with Crippen molar-refractivity contribution in [1.82, 2.24) is 0 Å². The van der Waals surface area contributed by atoms with Gasteiger partial charge in [0.05, 0.1) is 0 Å². The zero-order valence-corrected chi connectivity index (χ0v) is 6.15. The molecule has 1 aromatic heterocycles. The van der Waals surface area contributed by atoms with Crippen LogP contribution in [0.2, 0.25) is 5.02 Å². The summed E-state index contributed by atoms with van der Waals surface area (Å²) in [4.78, 5) is 0. The van der Waals surface area contributed by atoms with Gasteiger partial charge < -0.3 is 4.42 Å². The number of halogens is 2. The second-order valence-electron chi connectivity index (χ2n) is 2.17. The number of furan rings is 1. The minimum absolute atomic E-state index is 0.203. The van der Waals surface area contributed by atoms with E-state index in [1.54, 1.807) is 12.1 Å². The summed E-state index contributed by atoms with van der Waals surface area (Å²) in [6, 6.07) is 4.38. The van der Waals surface area contributed by atoms with Crippen LogP contribution < -0.4 is 0 Å². The first kappa shape index (κ1) is 6.68. The Hall–Kier alpha value is -1.02. The van der Waals surface area contributed by atoms with Crippen LogP contribution in [0.5, 0.6) is 0 Å². The van der Waals surface area contributed by atoms with Crippen molar-refractivity contribution in [2.24, 2.45) is 0 Å². The molecule has 1 radical (unpaired) electrons. The Morgan fingerprint density at radius 2 is 2.27 bits per heavy atom. The Labute approximate surface area is 67.4 Å². The van der Waals surface area contributed by atoms with Crippen LogP contribution in [-0.4, -0.2) is 0 Å². The fraction of sp³-hybridized carbons (Fsp3) is 0. The van der Waals surface area contributed by atoms with Gasteiger partial charge in [-0.1, -0.05) is 11.6 Å². The molecule has 11 heavy (non-hydrogen) atoms. The predicted molar refractivity (Wildman–Crippen MR) is 40.0 cm³/mol. The highest BCUT2D eigenvalue weighted by molar-refractivity contribution is 6.31. The van der Waals surface area contributed by atoms with Gasteiger partial charge in [-0.2, -0.15) is 0 Å². The van der Waals surface area contributed by atoms with Crippen LogP contribution in [0.1, 0.15) is 0 Å². The number of rotatable bonds is 0. The lowest BCUT2D eigenvalue weighted by Gasteiger charge is -1.91. The third-order valence-electron chi connectivity index (χ3n) is 1.41. The van der Waals surface area contributed by atoms with E-state index in [4.69, 9.17) is 16.0 Å². The molecule has 0 N–H and O–H groups in total. The summed E-state index contributed by atoms with van der Waals surface area (Å²) in [5, 5.41) is 1.000. The van der Waals surface area contributed by atoms with Crippen LogP contribution in [0.25, 0.3) is 11.0 Å². The SMILES string of the molecule is Fc1cc(Cl)cc2c[c]oc12. The molecule has 2 rings (SSSR count). The molecule has 3 heteroatoms. The van der Waals surface area contributed by atoms with Crippen LogP contribution in [0.3, 0.4) is 0 Å². The van der Waals surface area contributed by atoms with E-state index in [0.29, 0.717) is 10.4 Å². The molecule has 0 bridgehead atoms. The molecule has 1 heterocycles. The maximum Gasteiger partial charge on any atom is 0.170 e. The maximum absolute atomic E-state index is 12.9. The normalized spacial score (nSPS) is 10.7. The molecule has 1 aromatic carbocycles. The van der Waals surface area contributed by atoms with E-state index >= 15 is 0 Å². The largest absolute Gasteiger partial charge is 0.450 e. The summed E-state index contributed by atoms with van der Waals surface area (Å²) < 4.78 is 17.6. The fourth-order valence-corrected chi connectivity index (χ4v) is 1.16. The van der Waals surface area contributed by atoms with Crippen molar-refractivity contribution < 1.29 is 8.81 Å². The Morgan fingerprint density at radius 1 is 1.45 bits per heavy atom. The Bertz CT molecular complexity index is 394. The molecule has 0 saturated heterocycles. The van der Waals surface area contributed by atoms with Crippen LogP contribution in [-0.2, 0) is 0 Å². The average molecular weight is 170 g/mol. The molecule has 0 amide bonds. The zero-order chi connectivity index (χ0) is 7.84. The van der Waals surface area contributed by atoms with E-state index in [9.17, 15) is 4.39 Å². The summed E-state index contributed by atoms with van der Waals surface area (Å²) in [6.45, 7) is 0. The highest BCUT2D eigenvalue weighted by Crippen LogP contribution is 2.22. The van der Waals surface area contributed by atoms with Gasteiger partial charge in [-0.05, 0) is 18.2 Å². The molecule has 0 spiro atoms. The molecule has 0 fully saturated rings. The summed E-state index contributed by atoms with van der Waals surface area (Å²) in [7, 11) is 0. The molecule has 0 atom stereocenters. The third kappa shape index (κ3) is 0.994. The van der Waals surface area contributed by atoms with Crippen LogP contribution in [0, 0.1) is 12.1 Å². The van der Waals surface area contributed by atoms with Crippen LogP contribution in [0.4, 0.5) is 4.39 Å². The Balaban J connectivity index is 2.91. The van der Waals surface area contributed by atoms with Gasteiger partial charge in [0.15, 0.2) is 17.7 Å². The Morgan fingerprint density at radius 3 is 3.09 bits per heavy atom. The van der Waals surface area contributed by atoms with E-state index in [0.717, 1.165) is 0 Å². The summed E-state index contributed by atoms with van der Waals surface area (Å²) >= 11 is 5.59. The van der Waals surface area contributed by atoms with Gasteiger partial charge in [0.2, 0.25) is 0 Å². The monoisotopic (exact) mass is 169 g/mol. The lowest BCUT2D eigenvalue weighted by atomic mass is 10.2. The molecule has 0 saturated carbocycles. The second kappa shape index (κ2) is 2.24. The molecular formula is C8H3ClFO. The number of fused-ring (bicyclic) bond motifs is 1. The molecule has 0 aliphatic rings. The van der Waals surface area contributed by atoms with E-state index in [2.05, 4.69) is 6.26 Å². The van der Waals surface area contributed by atoms with Crippen molar-refractivity contribution in [3.8, 4) is 0 Å². The lowest BCUT2D eigenvalue weighted by molar-refractivity contribution is 0.555. The van der Waals surface area contributed by atoms with Gasteiger partial charge in [-0.25, -0.2) is 4.39 Å². The van der Waals surface area contributed by atoms with Gasteiger partial charge in [0.25, 0.3) is 0 Å². The minimum Gasteiger partial charge on any atom is -0.450 e. The number of hydrogen-bond donors (Lipinski definition) is 0. The van der Waals surface area contributed by atoms with Crippen molar-refractivity contribution in [2.45, 2.75) is 0 Å². The summed E-state index contributed by atoms with van der Waals surface area (Å²) in [5.41, 5.74) is 0.203. The first-order valence-electron chi connectivity index (χ1n) is 3.02. The van der Waals surface area contributed by atoms with E-state index < -0.39 is 5.82 Å². The maximum atomic E-state index is 12.9. The average Bonchev–Trinajstić information content (AvgIpc) is 2.34. The van der Waals surface area contributed by atoms with Crippen molar-refractivity contribution in [3.63, 3.8) is 0 Å². The van der Waals surface area contributed by atoms with Crippen LogP contribution >= 0.6 is 11.6 Å². The Kier molecular flexibility index (Phi) is 1.36. The summed E-state index contributed by atoms with van der Waals surface area (Å²) in [5.74, 6) is -0.450. The molecule has 0 unspecified atom stereocenters. The van der Waals surface area contributed by atoms with Gasteiger partial charge in [0.1, 0.15) is 0 Å². The second-order valence-corrected chi connectivity index (χ2v) is 2.61. The quantitative estimate of drug-likeness (QED) is 0.591. The predicted octanol–water partition coefficient (Wildman–Crippen LogP) is 3.03. The van der Waals surface area contributed by atoms with E-state index in [-0.39, 0.29) is 5.58 Å². The summed E-state index contributed by atoms with van der Waals surface area (Å²) in [6.07, 6.45) is 2.43. The minimum atomic E-state index is -0.450. The van der Waals surface area contributed by atoms with Gasteiger partial charge in [0, 0.05) is 10.4 Å². The highest BCUT2D eigenvalue weighted by atomic mass is 35.5. The first-order valence-corrected chi connectivity index (χ1v) is 3.40. The highest BCUT2D eigenvalue weighted by Gasteiger charge is 2.04. The lowest BCUT2D eigenvalue weighted by Crippen LogP contribution is -1.73. The zero-order valence-electron chi connectivity index (χ0n) is 5.40. The third-order valence-corrected chi connectivity index (χ3v) is 1.63. The number of hydrogen-bond acceptors (Lipinski definition) is 1. The fourth-order valence-electron chi connectivity index (χ4n) is 0.947. The van der Waals surface area contributed by atoms with Gasteiger partial charge in [-0.3, -0.25) is 0 Å². The van der Waals surface area contributed by atoms with Crippen LogP contribution in [0.15, 0.2) is 22.6 Å². The van der Waals surface area contributed by atoms with Crippen molar-refractivity contribution >= 4 is 22.6 Å². The van der Waals surface area contributed by atoms with E-state index in [1.165, 1.54) is 6.07 Å².